The number of benzene rings is 1. The molecule has 0 amide bonds. The Hall–Kier alpha value is -3.15. The highest BCUT2D eigenvalue weighted by atomic mass is 16.5. The lowest BCUT2D eigenvalue weighted by molar-refractivity contribution is 0.0597. The summed E-state index contributed by atoms with van der Waals surface area (Å²) in [5, 5.41) is 1.55. The quantitative estimate of drug-likeness (QED) is 0.676. The van der Waals surface area contributed by atoms with Gasteiger partial charge in [-0.2, -0.15) is 0 Å². The van der Waals surface area contributed by atoms with Gasteiger partial charge in [0.05, 0.1) is 14.2 Å². The second-order valence-corrected chi connectivity index (χ2v) is 5.30. The fraction of sp³-hybridized carbons (Fsp3) is 0.167. The van der Waals surface area contributed by atoms with Crippen molar-refractivity contribution in [1.82, 2.24) is 4.57 Å². The molecule has 0 saturated carbocycles. The number of hydrogen-bond acceptors (Lipinski definition) is 5. The van der Waals surface area contributed by atoms with Gasteiger partial charge in [-0.1, -0.05) is 18.2 Å². The molecule has 6 heteroatoms. The highest BCUT2D eigenvalue weighted by Gasteiger charge is 2.20. The second kappa shape index (κ2) is 5.81. The summed E-state index contributed by atoms with van der Waals surface area (Å²) in [6.45, 7) is 0. The van der Waals surface area contributed by atoms with E-state index in [1.54, 1.807) is 0 Å². The molecular weight excluding hydrogens is 310 g/mol. The molecule has 6 nitrogen and oxygen atoms in total. The van der Waals surface area contributed by atoms with Gasteiger partial charge in [-0.25, -0.2) is 9.59 Å². The van der Waals surface area contributed by atoms with Gasteiger partial charge in [-0.3, -0.25) is 4.79 Å². The van der Waals surface area contributed by atoms with Crippen molar-refractivity contribution in [3.63, 3.8) is 0 Å². The van der Waals surface area contributed by atoms with Crippen LogP contribution >= 0.6 is 0 Å². The Kier molecular flexibility index (Phi) is 3.81. The fourth-order valence-corrected chi connectivity index (χ4v) is 2.85. The second-order valence-electron chi connectivity index (χ2n) is 5.30. The summed E-state index contributed by atoms with van der Waals surface area (Å²) in [5.74, 6) is -1.59. The molecule has 122 valence electrons. The molecule has 0 unspecified atom stereocenters. The van der Waals surface area contributed by atoms with E-state index in [1.807, 2.05) is 35.9 Å². The van der Waals surface area contributed by atoms with Gasteiger partial charge in [-0.05, 0) is 18.2 Å². The number of carbonyl (C=O) groups excluding carboxylic acids is 2. The molecule has 0 bridgehead atoms. The van der Waals surface area contributed by atoms with Crippen molar-refractivity contribution in [3.8, 4) is 0 Å². The van der Waals surface area contributed by atoms with E-state index in [0.717, 1.165) is 10.9 Å². The third-order valence-electron chi connectivity index (χ3n) is 4.06. The first kappa shape index (κ1) is 15.7. The minimum absolute atomic E-state index is 0.204. The van der Waals surface area contributed by atoms with Crippen molar-refractivity contribution < 1.29 is 19.1 Å². The van der Waals surface area contributed by atoms with Gasteiger partial charge in [0.15, 0.2) is 0 Å². The molecule has 0 spiro atoms. The maximum atomic E-state index is 12.6. The van der Waals surface area contributed by atoms with E-state index in [1.165, 1.54) is 26.4 Å². The van der Waals surface area contributed by atoms with Crippen LogP contribution in [0.15, 0.2) is 41.2 Å². The zero-order chi connectivity index (χ0) is 17.4. The van der Waals surface area contributed by atoms with Crippen LogP contribution in [0.1, 0.15) is 20.7 Å². The Bertz CT molecular complexity index is 1050. The fourth-order valence-electron chi connectivity index (χ4n) is 2.85. The first-order valence-corrected chi connectivity index (χ1v) is 7.21. The van der Waals surface area contributed by atoms with E-state index in [9.17, 15) is 14.4 Å². The molecule has 0 aliphatic rings. The molecular formula is C18H15NO5. The first-order valence-electron chi connectivity index (χ1n) is 7.21. The first-order chi connectivity index (χ1) is 11.5. The zero-order valence-corrected chi connectivity index (χ0v) is 13.5. The van der Waals surface area contributed by atoms with Crippen LogP contribution in [0, 0.1) is 0 Å². The van der Waals surface area contributed by atoms with Crippen LogP contribution in [0.3, 0.4) is 0 Å². The third kappa shape index (κ3) is 2.23. The summed E-state index contributed by atoms with van der Waals surface area (Å²) in [6, 6.07) is 10.5. The normalized spacial score (nSPS) is 10.8. The van der Waals surface area contributed by atoms with Gasteiger partial charge in [0.1, 0.15) is 11.1 Å². The van der Waals surface area contributed by atoms with E-state index in [4.69, 9.17) is 4.74 Å². The maximum absolute atomic E-state index is 12.6. The van der Waals surface area contributed by atoms with E-state index >= 15 is 0 Å². The number of methoxy groups -OCH3 is 2. The summed E-state index contributed by atoms with van der Waals surface area (Å²) >= 11 is 0. The number of ether oxygens (including phenoxy) is 2. The summed E-state index contributed by atoms with van der Waals surface area (Å²) in [4.78, 5) is 36.7. The number of aryl methyl sites for hydroxylation is 1. The molecule has 0 N–H and O–H groups in total. The smallest absolute Gasteiger partial charge is 0.341 e. The van der Waals surface area contributed by atoms with E-state index in [-0.39, 0.29) is 11.1 Å². The Morgan fingerprint density at radius 3 is 2.08 bits per heavy atom. The van der Waals surface area contributed by atoms with Crippen LogP contribution < -0.4 is 5.43 Å². The van der Waals surface area contributed by atoms with E-state index in [0.29, 0.717) is 10.9 Å². The summed E-state index contributed by atoms with van der Waals surface area (Å²) in [6.07, 6.45) is 0. The van der Waals surface area contributed by atoms with Crippen molar-refractivity contribution >= 4 is 33.7 Å². The molecule has 0 saturated heterocycles. The lowest BCUT2D eigenvalue weighted by Gasteiger charge is -1.99. The summed E-state index contributed by atoms with van der Waals surface area (Å²) < 4.78 is 11.2. The van der Waals surface area contributed by atoms with Gasteiger partial charge in [0.2, 0.25) is 5.43 Å². The number of fused-ring (bicyclic) bond motifs is 3. The van der Waals surface area contributed by atoms with E-state index < -0.39 is 17.4 Å². The van der Waals surface area contributed by atoms with Gasteiger partial charge in [0, 0.05) is 28.9 Å². The zero-order valence-electron chi connectivity index (χ0n) is 13.5. The maximum Gasteiger partial charge on any atom is 0.341 e. The molecule has 24 heavy (non-hydrogen) atoms. The summed E-state index contributed by atoms with van der Waals surface area (Å²) in [7, 11) is 4.20. The Morgan fingerprint density at radius 1 is 0.875 bits per heavy atom. The number of aromatic nitrogens is 1. The Labute approximate surface area is 137 Å². The van der Waals surface area contributed by atoms with Crippen LogP contribution in [0.2, 0.25) is 0 Å². The molecule has 1 heterocycles. The molecule has 3 rings (SSSR count). The number of para-hydroxylation sites is 1. The average molecular weight is 325 g/mol. The Morgan fingerprint density at radius 2 is 1.46 bits per heavy atom. The van der Waals surface area contributed by atoms with Gasteiger partial charge >= 0.3 is 11.9 Å². The number of nitrogens with zero attached hydrogens (tertiary/aromatic N) is 1. The number of rotatable bonds is 2. The minimum atomic E-state index is -0.798. The van der Waals surface area contributed by atoms with Crippen LogP contribution in [0.5, 0.6) is 0 Å². The predicted molar refractivity (Wildman–Crippen MR) is 89.4 cm³/mol. The molecule has 0 fully saturated rings. The number of esters is 2. The summed E-state index contributed by atoms with van der Waals surface area (Å²) in [5.41, 5.74) is 0.429. The van der Waals surface area contributed by atoms with Crippen molar-refractivity contribution in [2.75, 3.05) is 14.2 Å². The van der Waals surface area contributed by atoms with Crippen LogP contribution in [0.25, 0.3) is 21.8 Å². The minimum Gasteiger partial charge on any atom is -0.465 e. The highest BCUT2D eigenvalue weighted by Crippen LogP contribution is 2.28. The molecule has 0 radical (unpaired) electrons. The van der Waals surface area contributed by atoms with Crippen LogP contribution in [0.4, 0.5) is 0 Å². The number of carbonyl (C=O) groups is 2. The third-order valence-corrected chi connectivity index (χ3v) is 4.06. The van der Waals surface area contributed by atoms with Crippen molar-refractivity contribution in [1.29, 1.82) is 0 Å². The SMILES string of the molecule is COC(=O)c1cc2c3ccccc3n(C)c2cc(C(=O)OC)c1=O. The van der Waals surface area contributed by atoms with Crippen molar-refractivity contribution in [2.24, 2.45) is 7.05 Å². The van der Waals surface area contributed by atoms with E-state index in [2.05, 4.69) is 4.74 Å². The average Bonchev–Trinajstić information content (AvgIpc) is 2.76. The monoisotopic (exact) mass is 325 g/mol. The highest BCUT2D eigenvalue weighted by molar-refractivity contribution is 6.11. The van der Waals surface area contributed by atoms with Crippen LogP contribution in [-0.4, -0.2) is 30.7 Å². The molecule has 0 aliphatic heterocycles. The van der Waals surface area contributed by atoms with Gasteiger partial charge in [-0.15, -0.1) is 0 Å². The standard InChI is InChI=1S/C18H15NO5/c1-19-14-7-5-4-6-10(14)11-8-12(17(21)23-2)16(20)13(9-15(11)19)18(22)24-3/h4-9H,1-3H3. The molecule has 3 aromatic rings. The largest absolute Gasteiger partial charge is 0.465 e. The van der Waals surface area contributed by atoms with Crippen LogP contribution in [-0.2, 0) is 16.5 Å². The molecule has 0 atom stereocenters. The molecule has 1 aromatic heterocycles. The van der Waals surface area contributed by atoms with Gasteiger partial charge in [0.25, 0.3) is 0 Å². The molecule has 0 aliphatic carbocycles. The van der Waals surface area contributed by atoms with Crippen molar-refractivity contribution in [3.05, 3.63) is 57.7 Å². The lowest BCUT2D eigenvalue weighted by atomic mass is 10.1. The predicted octanol–water partition coefficient (Wildman–Crippen LogP) is 2.26. The number of hydrogen-bond donors (Lipinski definition) is 0. The topological polar surface area (TPSA) is 74.6 Å². The Balaban J connectivity index is 2.58. The lowest BCUT2D eigenvalue weighted by Crippen LogP contribution is -2.21. The molecule has 2 aromatic carbocycles. The van der Waals surface area contributed by atoms with Crippen molar-refractivity contribution in [2.45, 2.75) is 0 Å². The van der Waals surface area contributed by atoms with Gasteiger partial charge < -0.3 is 14.0 Å².